The van der Waals surface area contributed by atoms with E-state index in [9.17, 15) is 4.79 Å². The van der Waals surface area contributed by atoms with Crippen LogP contribution in [0.3, 0.4) is 0 Å². The first kappa shape index (κ1) is 13.3. The van der Waals surface area contributed by atoms with E-state index >= 15 is 0 Å². The third-order valence-electron chi connectivity index (χ3n) is 2.80. The summed E-state index contributed by atoms with van der Waals surface area (Å²) in [5.74, 6) is 1.70. The molecular formula is C14H17NO2. The monoisotopic (exact) mass is 231 g/mol. The van der Waals surface area contributed by atoms with Crippen LogP contribution < -0.4 is 0 Å². The molecular weight excluding hydrogens is 214 g/mol. The molecule has 1 rings (SSSR count). The zero-order valence-corrected chi connectivity index (χ0v) is 10.2. The molecule has 1 atom stereocenters. The molecule has 0 aromatic heterocycles. The minimum atomic E-state index is -0.892. The van der Waals surface area contributed by atoms with Gasteiger partial charge in [0.25, 0.3) is 0 Å². The van der Waals surface area contributed by atoms with Crippen molar-refractivity contribution in [2.24, 2.45) is 0 Å². The third-order valence-corrected chi connectivity index (χ3v) is 2.80. The lowest BCUT2D eigenvalue weighted by atomic mass is 10.0. The summed E-state index contributed by atoms with van der Waals surface area (Å²) in [7, 11) is 1.96. The Kier molecular flexibility index (Phi) is 4.74. The second kappa shape index (κ2) is 6.07. The Morgan fingerprint density at radius 1 is 1.59 bits per heavy atom. The summed E-state index contributed by atoms with van der Waals surface area (Å²) >= 11 is 0. The summed E-state index contributed by atoms with van der Waals surface area (Å²) in [5.41, 5.74) is 1.34. The van der Waals surface area contributed by atoms with Crippen LogP contribution in [0.25, 0.3) is 0 Å². The SMILES string of the molecule is C#CCN(C)[C@H](C)Cc1cccc(C(=O)O)c1. The molecule has 0 radical (unpaired) electrons. The molecule has 0 unspecified atom stereocenters. The third kappa shape index (κ3) is 3.93. The Morgan fingerprint density at radius 2 is 2.29 bits per heavy atom. The number of benzene rings is 1. The number of likely N-dealkylation sites (N-methyl/N-ethyl adjacent to an activating group) is 1. The summed E-state index contributed by atoms with van der Waals surface area (Å²) in [5, 5.41) is 8.90. The van der Waals surface area contributed by atoms with Gasteiger partial charge in [0.15, 0.2) is 0 Å². The number of nitrogens with zero attached hydrogens (tertiary/aromatic N) is 1. The van der Waals surface area contributed by atoms with Gasteiger partial charge in [0.2, 0.25) is 0 Å². The summed E-state index contributed by atoms with van der Waals surface area (Å²) in [6.45, 7) is 2.67. The molecule has 0 aliphatic rings. The van der Waals surface area contributed by atoms with Crippen molar-refractivity contribution >= 4 is 5.97 Å². The highest BCUT2D eigenvalue weighted by molar-refractivity contribution is 5.87. The number of carbonyl (C=O) groups is 1. The first-order valence-corrected chi connectivity index (χ1v) is 5.50. The lowest BCUT2D eigenvalue weighted by molar-refractivity contribution is 0.0696. The second-order valence-corrected chi connectivity index (χ2v) is 4.18. The minimum Gasteiger partial charge on any atom is -0.478 e. The molecule has 1 aromatic carbocycles. The number of aromatic carboxylic acids is 1. The normalized spacial score (nSPS) is 12.1. The van der Waals surface area contributed by atoms with E-state index in [1.54, 1.807) is 18.2 Å². The van der Waals surface area contributed by atoms with Crippen molar-refractivity contribution in [2.45, 2.75) is 19.4 Å². The molecule has 1 N–H and O–H groups in total. The fourth-order valence-electron chi connectivity index (χ4n) is 1.63. The van der Waals surface area contributed by atoms with Crippen LogP contribution in [0.4, 0.5) is 0 Å². The second-order valence-electron chi connectivity index (χ2n) is 4.18. The molecule has 0 spiro atoms. The smallest absolute Gasteiger partial charge is 0.335 e. The van der Waals surface area contributed by atoms with Gasteiger partial charge in [-0.1, -0.05) is 18.1 Å². The average molecular weight is 231 g/mol. The molecule has 0 aliphatic carbocycles. The highest BCUT2D eigenvalue weighted by atomic mass is 16.4. The predicted molar refractivity (Wildman–Crippen MR) is 68.0 cm³/mol. The number of carboxylic acid groups (broad SMARTS) is 1. The predicted octanol–water partition coefficient (Wildman–Crippen LogP) is 1.88. The van der Waals surface area contributed by atoms with Crippen LogP contribution in [-0.2, 0) is 6.42 Å². The number of terminal acetylenes is 1. The largest absolute Gasteiger partial charge is 0.478 e. The molecule has 0 aliphatic heterocycles. The van der Waals surface area contributed by atoms with E-state index in [2.05, 4.69) is 17.7 Å². The van der Waals surface area contributed by atoms with E-state index in [4.69, 9.17) is 11.5 Å². The van der Waals surface area contributed by atoms with Gasteiger partial charge in [-0.3, -0.25) is 4.90 Å². The molecule has 17 heavy (non-hydrogen) atoms. The van der Waals surface area contributed by atoms with Crippen LogP contribution in [-0.4, -0.2) is 35.6 Å². The molecule has 0 saturated heterocycles. The molecule has 0 bridgehead atoms. The number of rotatable bonds is 5. The van der Waals surface area contributed by atoms with Crippen LogP contribution in [0.1, 0.15) is 22.8 Å². The van der Waals surface area contributed by atoms with Crippen LogP contribution in [0.15, 0.2) is 24.3 Å². The molecule has 0 heterocycles. The first-order valence-electron chi connectivity index (χ1n) is 5.50. The maximum Gasteiger partial charge on any atom is 0.335 e. The van der Waals surface area contributed by atoms with E-state index in [-0.39, 0.29) is 6.04 Å². The van der Waals surface area contributed by atoms with E-state index in [1.807, 2.05) is 13.1 Å². The van der Waals surface area contributed by atoms with E-state index in [1.165, 1.54) is 0 Å². The average Bonchev–Trinajstić information content (AvgIpc) is 2.29. The van der Waals surface area contributed by atoms with Crippen LogP contribution >= 0.6 is 0 Å². The van der Waals surface area contributed by atoms with Gasteiger partial charge < -0.3 is 5.11 Å². The Labute approximate surface area is 102 Å². The summed E-state index contributed by atoms with van der Waals surface area (Å²) in [6.07, 6.45) is 6.05. The fourth-order valence-corrected chi connectivity index (χ4v) is 1.63. The molecule has 0 amide bonds. The summed E-state index contributed by atoms with van der Waals surface area (Å²) in [6, 6.07) is 7.30. The van der Waals surface area contributed by atoms with Crippen molar-refractivity contribution < 1.29 is 9.90 Å². The van der Waals surface area contributed by atoms with Crippen molar-refractivity contribution in [1.29, 1.82) is 0 Å². The highest BCUT2D eigenvalue weighted by Gasteiger charge is 2.10. The standard InChI is InChI=1S/C14H17NO2/c1-4-8-15(3)11(2)9-12-6-5-7-13(10-12)14(16)17/h1,5-7,10-11H,8-9H2,2-3H3,(H,16,17)/t11-/m1/s1. The van der Waals surface area contributed by atoms with Gasteiger partial charge in [-0.05, 0) is 38.1 Å². The molecule has 0 saturated carbocycles. The van der Waals surface area contributed by atoms with Gasteiger partial charge in [-0.2, -0.15) is 0 Å². The van der Waals surface area contributed by atoms with Crippen LogP contribution in [0.5, 0.6) is 0 Å². The van der Waals surface area contributed by atoms with E-state index < -0.39 is 5.97 Å². The number of hydrogen-bond acceptors (Lipinski definition) is 2. The molecule has 0 fully saturated rings. The van der Waals surface area contributed by atoms with Gasteiger partial charge in [-0.25, -0.2) is 4.79 Å². The fraction of sp³-hybridized carbons (Fsp3) is 0.357. The van der Waals surface area contributed by atoms with Crippen molar-refractivity contribution in [2.75, 3.05) is 13.6 Å². The number of hydrogen-bond donors (Lipinski definition) is 1. The first-order chi connectivity index (χ1) is 8.04. The van der Waals surface area contributed by atoms with Gasteiger partial charge >= 0.3 is 5.97 Å². The van der Waals surface area contributed by atoms with E-state index in [0.717, 1.165) is 12.0 Å². The zero-order chi connectivity index (χ0) is 12.8. The quantitative estimate of drug-likeness (QED) is 0.787. The van der Waals surface area contributed by atoms with Crippen LogP contribution in [0.2, 0.25) is 0 Å². The van der Waals surface area contributed by atoms with Crippen molar-refractivity contribution in [1.82, 2.24) is 4.90 Å². The topological polar surface area (TPSA) is 40.5 Å². The Morgan fingerprint density at radius 3 is 2.88 bits per heavy atom. The van der Waals surface area contributed by atoms with Gasteiger partial charge in [0.1, 0.15) is 0 Å². The van der Waals surface area contributed by atoms with Crippen molar-refractivity contribution in [3.8, 4) is 12.3 Å². The van der Waals surface area contributed by atoms with Gasteiger partial charge in [0, 0.05) is 6.04 Å². The van der Waals surface area contributed by atoms with Crippen molar-refractivity contribution in [3.63, 3.8) is 0 Å². The minimum absolute atomic E-state index is 0.287. The Balaban J connectivity index is 2.72. The van der Waals surface area contributed by atoms with Crippen molar-refractivity contribution in [3.05, 3.63) is 35.4 Å². The molecule has 3 nitrogen and oxygen atoms in total. The maximum absolute atomic E-state index is 10.8. The number of carboxylic acids is 1. The molecule has 90 valence electrons. The van der Waals surface area contributed by atoms with E-state index in [0.29, 0.717) is 12.1 Å². The lowest BCUT2D eigenvalue weighted by Crippen LogP contribution is -2.31. The molecule has 3 heteroatoms. The molecule has 1 aromatic rings. The zero-order valence-electron chi connectivity index (χ0n) is 10.2. The lowest BCUT2D eigenvalue weighted by Gasteiger charge is -2.22. The Hall–Kier alpha value is -1.79. The van der Waals surface area contributed by atoms with Gasteiger partial charge in [0.05, 0.1) is 12.1 Å². The Bertz CT molecular complexity index is 434. The maximum atomic E-state index is 10.8. The highest BCUT2D eigenvalue weighted by Crippen LogP contribution is 2.10. The van der Waals surface area contributed by atoms with Gasteiger partial charge in [-0.15, -0.1) is 6.42 Å². The van der Waals surface area contributed by atoms with Crippen LogP contribution in [0, 0.1) is 12.3 Å². The summed E-state index contributed by atoms with van der Waals surface area (Å²) in [4.78, 5) is 12.9. The summed E-state index contributed by atoms with van der Waals surface area (Å²) < 4.78 is 0.